The molecule has 10 heteroatoms. The number of amides is 2. The van der Waals surface area contributed by atoms with Gasteiger partial charge in [0.05, 0.1) is 11.1 Å². The van der Waals surface area contributed by atoms with E-state index in [9.17, 15) is 22.4 Å². The summed E-state index contributed by atoms with van der Waals surface area (Å²) in [4.78, 5) is 31.8. The van der Waals surface area contributed by atoms with Crippen LogP contribution in [-0.2, 0) is 19.4 Å². The summed E-state index contributed by atoms with van der Waals surface area (Å²) in [6.07, 6.45) is 5.71. The normalized spacial score (nSPS) is 22.4. The molecule has 3 atom stereocenters. The van der Waals surface area contributed by atoms with Crippen LogP contribution in [0, 0.1) is 17.7 Å². The highest BCUT2D eigenvalue weighted by atomic mass is 35.5. The van der Waals surface area contributed by atoms with Gasteiger partial charge < -0.3 is 10.2 Å². The fourth-order valence-corrected chi connectivity index (χ4v) is 5.01. The molecule has 1 aliphatic heterocycles. The zero-order valence-electron chi connectivity index (χ0n) is 19.4. The highest BCUT2D eigenvalue weighted by Gasteiger charge is 2.41. The number of carbonyl (C=O) groups excluding carboxylic acids is 2. The second kappa shape index (κ2) is 10.4. The van der Waals surface area contributed by atoms with Crippen LogP contribution in [0.4, 0.5) is 4.39 Å². The average molecular weight is 510 g/mol. The van der Waals surface area contributed by atoms with Gasteiger partial charge in [-0.2, -0.15) is 0 Å². The lowest BCUT2D eigenvalue weighted by atomic mass is 10.0. The van der Waals surface area contributed by atoms with Gasteiger partial charge in [-0.15, -0.1) is 0 Å². The number of nitrogens with zero attached hydrogens (tertiary/aromatic N) is 2. The van der Waals surface area contributed by atoms with E-state index in [1.54, 1.807) is 6.07 Å². The minimum atomic E-state index is -3.64. The molecule has 1 N–H and O–H groups in total. The van der Waals surface area contributed by atoms with Crippen LogP contribution in [0.15, 0.2) is 47.5 Å². The number of hydrogen-bond donors (Lipinski definition) is 1. The predicted octanol–water partition coefficient (Wildman–Crippen LogP) is 3.47. The molecule has 34 heavy (non-hydrogen) atoms. The van der Waals surface area contributed by atoms with Crippen molar-refractivity contribution >= 4 is 38.3 Å². The van der Waals surface area contributed by atoms with Gasteiger partial charge in [0, 0.05) is 25.4 Å². The van der Waals surface area contributed by atoms with Crippen molar-refractivity contribution in [1.82, 2.24) is 10.2 Å². The second-order valence-corrected chi connectivity index (χ2v) is 11.3. The first-order chi connectivity index (χ1) is 16.0. The lowest BCUT2D eigenvalue weighted by Crippen LogP contribution is -2.47. The van der Waals surface area contributed by atoms with Crippen molar-refractivity contribution in [3.05, 3.63) is 58.9 Å². The van der Waals surface area contributed by atoms with Crippen molar-refractivity contribution in [2.45, 2.75) is 38.3 Å². The zero-order chi connectivity index (χ0) is 25.2. The molecule has 0 spiro atoms. The maximum absolute atomic E-state index is 14.1. The number of halogens is 2. The molecule has 0 aromatic heterocycles. The minimum absolute atomic E-state index is 0.0128. The molecular formula is C24H29ClFN3O4S. The third-order valence-corrected chi connectivity index (χ3v) is 7.48. The molecule has 7 nitrogen and oxygen atoms in total. The van der Waals surface area contributed by atoms with Crippen LogP contribution in [-0.4, -0.2) is 56.1 Å². The van der Waals surface area contributed by atoms with E-state index in [1.165, 1.54) is 36.2 Å². The number of nitrogens with one attached hydrogen (secondary N) is 1. The van der Waals surface area contributed by atoms with Crippen molar-refractivity contribution in [2.75, 3.05) is 19.8 Å². The number of rotatable bonds is 7. The number of aliphatic imine (C=N–C) groups is 1. The van der Waals surface area contributed by atoms with Gasteiger partial charge in [-0.05, 0) is 54.9 Å². The van der Waals surface area contributed by atoms with Crippen LogP contribution in [0.25, 0.3) is 0 Å². The Hall–Kier alpha value is -2.52. The van der Waals surface area contributed by atoms with Crippen molar-refractivity contribution in [1.29, 1.82) is 0 Å². The molecule has 1 aromatic rings. The smallest absolute Gasteiger partial charge is 0.254 e. The Morgan fingerprint density at radius 2 is 2.03 bits per heavy atom. The number of hydrogen-bond acceptors (Lipinski definition) is 5. The van der Waals surface area contributed by atoms with E-state index in [4.69, 9.17) is 11.6 Å². The highest BCUT2D eigenvalue weighted by molar-refractivity contribution is 8.06. The van der Waals surface area contributed by atoms with Crippen molar-refractivity contribution in [2.24, 2.45) is 16.8 Å². The molecule has 1 heterocycles. The topological polar surface area (TPSA) is 95.9 Å². The largest absolute Gasteiger partial charge is 0.347 e. The molecular weight excluding hydrogens is 481 g/mol. The summed E-state index contributed by atoms with van der Waals surface area (Å²) in [6, 6.07) is 3.37. The fourth-order valence-electron chi connectivity index (χ4n) is 4.22. The van der Waals surface area contributed by atoms with Crippen LogP contribution in [0.1, 0.15) is 37.8 Å². The monoisotopic (exact) mass is 509 g/mol. The van der Waals surface area contributed by atoms with E-state index in [-0.39, 0.29) is 39.4 Å². The summed E-state index contributed by atoms with van der Waals surface area (Å²) < 4.78 is 37.9. The van der Waals surface area contributed by atoms with Gasteiger partial charge in [0.2, 0.25) is 5.91 Å². The Morgan fingerprint density at radius 3 is 2.56 bits per heavy atom. The quantitative estimate of drug-likeness (QED) is 0.263. The summed E-state index contributed by atoms with van der Waals surface area (Å²) in [7, 11) is -2.31. The van der Waals surface area contributed by atoms with E-state index >= 15 is 0 Å². The first-order valence-corrected chi connectivity index (χ1v) is 13.3. The standard InChI is InChI=1S/C24H29ClFN3O4S/c1-5-15(12-21(27-3)34(4,32)33)24(31)29-13-14(2)10-20(29)23(30)28-22(16-6-7-16)17-8-9-18(25)19(26)11-17/h5,8-9,11-12,14,16,20,22H,1,6-7,10,13H2,2-4H3,(H,28,30)/b15-12+,27-21?/t14-,20-,22-/m1/s1. The van der Waals surface area contributed by atoms with Gasteiger partial charge in [0.1, 0.15) is 16.9 Å². The molecule has 0 unspecified atom stereocenters. The molecule has 1 saturated carbocycles. The molecule has 2 fully saturated rings. The van der Waals surface area contributed by atoms with Gasteiger partial charge in [0.15, 0.2) is 9.84 Å². The van der Waals surface area contributed by atoms with Gasteiger partial charge in [-0.25, -0.2) is 12.8 Å². The van der Waals surface area contributed by atoms with Gasteiger partial charge in [-0.3, -0.25) is 14.6 Å². The van der Waals surface area contributed by atoms with Crippen molar-refractivity contribution < 1.29 is 22.4 Å². The Labute approximate surface area is 204 Å². The number of likely N-dealkylation sites (tertiary alicyclic amines) is 1. The Balaban J connectivity index is 1.84. The van der Waals surface area contributed by atoms with Crippen LogP contribution in [0.5, 0.6) is 0 Å². The Kier molecular flexibility index (Phi) is 7.98. The highest BCUT2D eigenvalue weighted by Crippen LogP contribution is 2.42. The van der Waals surface area contributed by atoms with Crippen molar-refractivity contribution in [3.8, 4) is 0 Å². The first-order valence-electron chi connectivity index (χ1n) is 11.0. The SMILES string of the molecule is C=C/C(=C\C(=NC)S(C)(=O)=O)C(=O)N1C[C@H](C)C[C@@H]1C(=O)N[C@@H](c1ccc(Cl)c(F)c1)C1CC1. The molecule has 3 rings (SSSR count). The Bertz CT molecular complexity index is 1160. The van der Waals surface area contributed by atoms with Gasteiger partial charge in [0.25, 0.3) is 5.91 Å². The van der Waals surface area contributed by atoms with E-state index in [0.717, 1.165) is 19.1 Å². The summed E-state index contributed by atoms with van der Waals surface area (Å²) in [5, 5.41) is 2.78. The minimum Gasteiger partial charge on any atom is -0.347 e. The summed E-state index contributed by atoms with van der Waals surface area (Å²) in [5.41, 5.74) is 0.668. The fraction of sp³-hybridized carbons (Fsp3) is 0.458. The number of sulfone groups is 1. The summed E-state index contributed by atoms with van der Waals surface area (Å²) in [5.74, 6) is -1.13. The lowest BCUT2D eigenvalue weighted by molar-refractivity contribution is -0.136. The molecule has 184 valence electrons. The molecule has 2 amide bonds. The van der Waals surface area contributed by atoms with E-state index in [0.29, 0.717) is 18.5 Å². The summed E-state index contributed by atoms with van der Waals surface area (Å²) in [6.45, 7) is 5.91. The third kappa shape index (κ3) is 5.93. The molecule has 1 saturated heterocycles. The van der Waals surface area contributed by atoms with Gasteiger partial charge in [-0.1, -0.05) is 37.2 Å². The molecule has 1 aliphatic carbocycles. The number of carbonyl (C=O) groups is 2. The predicted molar refractivity (Wildman–Crippen MR) is 131 cm³/mol. The van der Waals surface area contributed by atoms with E-state index < -0.39 is 27.6 Å². The van der Waals surface area contributed by atoms with Crippen LogP contribution < -0.4 is 5.32 Å². The second-order valence-electron chi connectivity index (χ2n) is 8.95. The van der Waals surface area contributed by atoms with Crippen LogP contribution in [0.3, 0.4) is 0 Å². The number of benzene rings is 1. The maximum Gasteiger partial charge on any atom is 0.254 e. The van der Waals surface area contributed by atoms with Crippen LogP contribution in [0.2, 0.25) is 5.02 Å². The van der Waals surface area contributed by atoms with Gasteiger partial charge >= 0.3 is 0 Å². The summed E-state index contributed by atoms with van der Waals surface area (Å²) >= 11 is 5.81. The first kappa shape index (κ1) is 26.1. The van der Waals surface area contributed by atoms with E-state index in [2.05, 4.69) is 16.9 Å². The van der Waals surface area contributed by atoms with Crippen molar-refractivity contribution in [3.63, 3.8) is 0 Å². The third-order valence-electron chi connectivity index (χ3n) is 6.11. The Morgan fingerprint density at radius 1 is 1.35 bits per heavy atom. The van der Waals surface area contributed by atoms with Crippen LogP contribution >= 0.6 is 11.6 Å². The lowest BCUT2D eigenvalue weighted by Gasteiger charge is -2.27. The zero-order valence-corrected chi connectivity index (χ0v) is 21.0. The average Bonchev–Trinajstić information content (AvgIpc) is 3.54. The maximum atomic E-state index is 14.1. The molecule has 0 bridgehead atoms. The molecule has 1 aromatic carbocycles. The molecule has 2 aliphatic rings. The molecule has 0 radical (unpaired) electrons. The van der Waals surface area contributed by atoms with E-state index in [1.807, 2.05) is 6.92 Å².